The number of benzene rings is 2. The van der Waals surface area contributed by atoms with Crippen LogP contribution in [0.25, 0.3) is 0 Å². The fourth-order valence-electron chi connectivity index (χ4n) is 4.59. The van der Waals surface area contributed by atoms with Gasteiger partial charge < -0.3 is 19.7 Å². The number of thioether (sulfide) groups is 1. The Bertz CT molecular complexity index is 1010. The minimum Gasteiger partial charge on any atom is -0.459 e. The Kier molecular flexibility index (Phi) is 5.65. The first-order chi connectivity index (χ1) is 15.6. The predicted octanol–water partition coefficient (Wildman–Crippen LogP) is 1.90. The fourth-order valence-corrected chi connectivity index (χ4v) is 6.42. The molecule has 3 aliphatic rings. The number of hydrogen-bond donors (Lipinski definition) is 1. The summed E-state index contributed by atoms with van der Waals surface area (Å²) < 4.78 is 10.7. The van der Waals surface area contributed by atoms with Crippen molar-refractivity contribution in [2.24, 2.45) is 0 Å². The quantitative estimate of drug-likeness (QED) is 0.532. The molecule has 3 unspecified atom stereocenters. The lowest BCUT2D eigenvalue weighted by Crippen LogP contribution is -2.71. The van der Waals surface area contributed by atoms with Crippen LogP contribution in [0, 0.1) is 0 Å². The van der Waals surface area contributed by atoms with Crippen LogP contribution in [-0.4, -0.2) is 58.1 Å². The molecule has 32 heavy (non-hydrogen) atoms. The van der Waals surface area contributed by atoms with E-state index in [9.17, 15) is 14.4 Å². The van der Waals surface area contributed by atoms with Crippen molar-refractivity contribution in [2.75, 3.05) is 13.2 Å². The second-order valence-electron chi connectivity index (χ2n) is 8.32. The largest absolute Gasteiger partial charge is 0.459 e. The number of esters is 1. The van der Waals surface area contributed by atoms with E-state index in [-0.39, 0.29) is 30.2 Å². The van der Waals surface area contributed by atoms with Crippen LogP contribution in [-0.2, 0) is 36.9 Å². The summed E-state index contributed by atoms with van der Waals surface area (Å²) in [6.45, 7) is 1.07. The van der Waals surface area contributed by atoms with Gasteiger partial charge in [-0.2, -0.15) is 0 Å². The topological polar surface area (TPSA) is 84.9 Å². The number of nitrogens with one attached hydrogen (secondary N) is 1. The summed E-state index contributed by atoms with van der Waals surface area (Å²) in [5, 5.41) is 2.57. The van der Waals surface area contributed by atoms with Crippen LogP contribution < -0.4 is 5.32 Å². The van der Waals surface area contributed by atoms with Crippen LogP contribution in [0.5, 0.6) is 0 Å². The molecule has 1 N–H and O–H groups in total. The average Bonchev–Trinajstić information content (AvgIpc) is 3.40. The highest BCUT2D eigenvalue weighted by atomic mass is 32.2. The molecule has 0 bridgehead atoms. The second-order valence-corrected chi connectivity index (χ2v) is 9.86. The molecule has 2 aromatic carbocycles. The maximum Gasteiger partial charge on any atom is 0.330 e. The van der Waals surface area contributed by atoms with Gasteiger partial charge in [-0.25, -0.2) is 4.79 Å². The molecule has 166 valence electrons. The maximum absolute atomic E-state index is 13.1. The molecule has 0 aromatic heterocycles. The van der Waals surface area contributed by atoms with Gasteiger partial charge in [-0.3, -0.25) is 9.59 Å². The first kappa shape index (κ1) is 21.0. The SMILES string of the molecule is O=C(Cc1ccccc1)NC1C(=O)N2C(C(=O)OCc3ccccc3)C3(CCOC3)S[C@@H]12. The predicted molar refractivity (Wildman–Crippen MR) is 118 cm³/mol. The van der Waals surface area contributed by atoms with Gasteiger partial charge in [0.2, 0.25) is 11.8 Å². The number of amides is 2. The Morgan fingerprint density at radius 2 is 1.78 bits per heavy atom. The van der Waals surface area contributed by atoms with Gasteiger partial charge in [0.05, 0.1) is 17.8 Å². The van der Waals surface area contributed by atoms with Gasteiger partial charge in [-0.15, -0.1) is 11.8 Å². The van der Waals surface area contributed by atoms with E-state index in [0.29, 0.717) is 19.6 Å². The lowest BCUT2D eigenvalue weighted by molar-refractivity contribution is -0.165. The van der Waals surface area contributed by atoms with Gasteiger partial charge in [0.25, 0.3) is 0 Å². The van der Waals surface area contributed by atoms with Crippen molar-refractivity contribution >= 4 is 29.5 Å². The summed E-state index contributed by atoms with van der Waals surface area (Å²) in [7, 11) is 0. The molecule has 4 atom stereocenters. The zero-order valence-electron chi connectivity index (χ0n) is 17.4. The van der Waals surface area contributed by atoms with Crippen molar-refractivity contribution in [2.45, 2.75) is 41.7 Å². The van der Waals surface area contributed by atoms with Crippen LogP contribution in [0.15, 0.2) is 60.7 Å². The van der Waals surface area contributed by atoms with E-state index in [0.717, 1.165) is 11.1 Å². The van der Waals surface area contributed by atoms with Crippen molar-refractivity contribution in [3.63, 3.8) is 0 Å². The highest BCUT2D eigenvalue weighted by Gasteiger charge is 2.68. The summed E-state index contributed by atoms with van der Waals surface area (Å²) in [6.07, 6.45) is 0.868. The van der Waals surface area contributed by atoms with E-state index < -0.39 is 22.8 Å². The summed E-state index contributed by atoms with van der Waals surface area (Å²) in [5.74, 6) is -0.868. The van der Waals surface area contributed by atoms with Crippen molar-refractivity contribution < 1.29 is 23.9 Å². The molecule has 3 saturated heterocycles. The normalized spacial score (nSPS) is 28.3. The molecule has 3 heterocycles. The Labute approximate surface area is 190 Å². The Balaban J connectivity index is 1.28. The molecule has 1 spiro atoms. The van der Waals surface area contributed by atoms with Crippen LogP contribution in [0.4, 0.5) is 0 Å². The number of rotatable bonds is 6. The van der Waals surface area contributed by atoms with E-state index in [1.807, 2.05) is 60.7 Å². The molecule has 7 nitrogen and oxygen atoms in total. The highest BCUT2D eigenvalue weighted by Crippen LogP contribution is 2.54. The standard InChI is InChI=1S/C24H24N2O5S/c27-18(13-16-7-3-1-4-8-16)25-19-21(28)26-20(24(32-22(19)26)11-12-30-15-24)23(29)31-14-17-9-5-2-6-10-17/h1-10,19-20,22H,11-15H2,(H,25,27)/t19?,20?,22-,24?/m0/s1. The van der Waals surface area contributed by atoms with Gasteiger partial charge >= 0.3 is 5.97 Å². The average molecular weight is 453 g/mol. The molecule has 2 amide bonds. The number of ether oxygens (including phenoxy) is 2. The number of nitrogens with zero attached hydrogens (tertiary/aromatic N) is 1. The maximum atomic E-state index is 13.1. The minimum absolute atomic E-state index is 0.154. The Hall–Kier alpha value is -2.84. The van der Waals surface area contributed by atoms with Gasteiger partial charge in [0, 0.05) is 6.61 Å². The van der Waals surface area contributed by atoms with Crippen molar-refractivity contribution in [3.05, 3.63) is 71.8 Å². The zero-order valence-corrected chi connectivity index (χ0v) is 18.3. The van der Waals surface area contributed by atoms with Crippen LogP contribution >= 0.6 is 11.8 Å². The molecule has 0 saturated carbocycles. The van der Waals surface area contributed by atoms with E-state index in [1.54, 1.807) is 16.7 Å². The number of carbonyl (C=O) groups is 3. The van der Waals surface area contributed by atoms with Crippen molar-refractivity contribution in [3.8, 4) is 0 Å². The van der Waals surface area contributed by atoms with E-state index in [2.05, 4.69) is 5.32 Å². The van der Waals surface area contributed by atoms with Gasteiger partial charge in [-0.05, 0) is 17.5 Å². The fraction of sp³-hybridized carbons (Fsp3) is 0.375. The molecule has 0 radical (unpaired) electrons. The highest BCUT2D eigenvalue weighted by molar-refractivity contribution is 8.01. The number of hydrogen-bond acceptors (Lipinski definition) is 6. The van der Waals surface area contributed by atoms with E-state index in [1.165, 1.54) is 0 Å². The summed E-state index contributed by atoms with van der Waals surface area (Å²) in [5.41, 5.74) is 1.77. The number of β-lactam (4-membered cyclic amide) rings is 1. The zero-order chi connectivity index (χ0) is 22.1. The number of fused-ring (bicyclic) bond motifs is 1. The van der Waals surface area contributed by atoms with Crippen molar-refractivity contribution in [1.82, 2.24) is 10.2 Å². The first-order valence-corrected chi connectivity index (χ1v) is 11.6. The molecule has 0 aliphatic carbocycles. The first-order valence-electron chi connectivity index (χ1n) is 10.7. The Morgan fingerprint density at radius 1 is 1.09 bits per heavy atom. The third kappa shape index (κ3) is 3.78. The van der Waals surface area contributed by atoms with Crippen molar-refractivity contribution in [1.29, 1.82) is 0 Å². The monoisotopic (exact) mass is 452 g/mol. The summed E-state index contributed by atoms with van der Waals surface area (Å²) in [6, 6.07) is 17.5. The molecule has 5 rings (SSSR count). The molecular formula is C24H24N2O5S. The van der Waals surface area contributed by atoms with Gasteiger partial charge in [0.1, 0.15) is 24.1 Å². The lowest BCUT2D eigenvalue weighted by atomic mass is 9.92. The second kappa shape index (κ2) is 8.60. The number of carbonyl (C=O) groups excluding carboxylic acids is 3. The van der Waals surface area contributed by atoms with Crippen LogP contribution in [0.2, 0.25) is 0 Å². The molecule has 2 aromatic rings. The molecule has 3 fully saturated rings. The van der Waals surface area contributed by atoms with Gasteiger partial charge in [-0.1, -0.05) is 60.7 Å². The van der Waals surface area contributed by atoms with E-state index >= 15 is 0 Å². The summed E-state index contributed by atoms with van der Waals surface area (Å²) >= 11 is 1.55. The van der Waals surface area contributed by atoms with Crippen LogP contribution in [0.1, 0.15) is 17.5 Å². The third-order valence-corrected chi connectivity index (χ3v) is 7.95. The molecule has 8 heteroatoms. The van der Waals surface area contributed by atoms with Gasteiger partial charge in [0.15, 0.2) is 0 Å². The lowest BCUT2D eigenvalue weighted by Gasteiger charge is -2.44. The third-order valence-electron chi connectivity index (χ3n) is 6.20. The smallest absolute Gasteiger partial charge is 0.330 e. The minimum atomic E-state index is -0.710. The Morgan fingerprint density at radius 3 is 2.44 bits per heavy atom. The van der Waals surface area contributed by atoms with E-state index in [4.69, 9.17) is 9.47 Å². The summed E-state index contributed by atoms with van der Waals surface area (Å²) in [4.78, 5) is 40.2. The molecular weight excluding hydrogens is 428 g/mol. The van der Waals surface area contributed by atoms with Crippen LogP contribution in [0.3, 0.4) is 0 Å². The molecule has 3 aliphatic heterocycles.